The Labute approximate surface area is 418 Å². The molecule has 11 aromatic carbocycles. The maximum absolute atomic E-state index is 7.10. The van der Waals surface area contributed by atoms with Crippen molar-refractivity contribution in [3.63, 3.8) is 0 Å². The number of para-hydroxylation sites is 8. The SMILES string of the molecule is c1ccc(-n2c3ccccc3c3c2ccc2c4ccccc4n(-c4cc(-n5c6ccccc6c6ccc7c(c8ccccc8n7-c7ccccc7)c65)c5c6c4-c4ccccc4OB6Oc4ccccc4-5)c23)cc1. The molecule has 17 rings (SSSR count). The summed E-state index contributed by atoms with van der Waals surface area (Å²) in [6, 6.07) is 86.0. The second kappa shape index (κ2) is 14.4. The minimum atomic E-state index is -0.727. The minimum absolute atomic E-state index is 0.727. The molecule has 0 fully saturated rings. The molecule has 0 N–H and O–H groups in total. The van der Waals surface area contributed by atoms with Crippen LogP contribution in [0.2, 0.25) is 0 Å². The lowest BCUT2D eigenvalue weighted by atomic mass is 9.65. The van der Waals surface area contributed by atoms with Crippen molar-refractivity contribution in [2.45, 2.75) is 0 Å². The zero-order chi connectivity index (χ0) is 47.5. The van der Waals surface area contributed by atoms with Gasteiger partial charge in [-0.1, -0.05) is 158 Å². The van der Waals surface area contributed by atoms with Crippen LogP contribution in [-0.2, 0) is 0 Å². The molecule has 0 amide bonds. The number of nitrogens with zero attached hydrogens (tertiary/aromatic N) is 4. The third kappa shape index (κ3) is 5.12. The van der Waals surface area contributed by atoms with Gasteiger partial charge in [0, 0.05) is 82.2 Å². The molecular weight excluding hydrogens is 892 g/mol. The lowest BCUT2D eigenvalue weighted by Crippen LogP contribution is -2.49. The van der Waals surface area contributed by atoms with Gasteiger partial charge in [0.1, 0.15) is 11.5 Å². The molecule has 338 valence electrons. The summed E-state index contributed by atoms with van der Waals surface area (Å²) in [5.74, 6) is 1.58. The predicted octanol–water partition coefficient (Wildman–Crippen LogP) is 15.9. The second-order valence-corrected chi connectivity index (χ2v) is 19.4. The van der Waals surface area contributed by atoms with Gasteiger partial charge < -0.3 is 27.6 Å². The Morgan fingerprint density at radius 3 is 1.11 bits per heavy atom. The first-order chi connectivity index (χ1) is 36.3. The Morgan fingerprint density at radius 2 is 0.658 bits per heavy atom. The summed E-state index contributed by atoms with van der Waals surface area (Å²) in [6.07, 6.45) is 0. The fraction of sp³-hybridized carbons (Fsp3) is 0. The molecule has 4 aromatic heterocycles. The zero-order valence-corrected chi connectivity index (χ0v) is 39.2. The van der Waals surface area contributed by atoms with E-state index in [1.54, 1.807) is 0 Å². The molecule has 0 saturated heterocycles. The maximum atomic E-state index is 7.10. The van der Waals surface area contributed by atoms with Gasteiger partial charge in [0.15, 0.2) is 0 Å². The maximum Gasteiger partial charge on any atom is 0.634 e. The van der Waals surface area contributed by atoms with Crippen LogP contribution < -0.4 is 14.8 Å². The quantitative estimate of drug-likeness (QED) is 0.165. The van der Waals surface area contributed by atoms with E-state index in [1.807, 2.05) is 0 Å². The molecule has 2 aliphatic heterocycles. The topological polar surface area (TPSA) is 38.2 Å². The van der Waals surface area contributed by atoms with Crippen molar-refractivity contribution in [1.29, 1.82) is 0 Å². The summed E-state index contributed by atoms with van der Waals surface area (Å²) in [5.41, 5.74) is 18.8. The highest BCUT2D eigenvalue weighted by Crippen LogP contribution is 2.51. The van der Waals surface area contributed by atoms with E-state index >= 15 is 0 Å². The van der Waals surface area contributed by atoms with Crippen molar-refractivity contribution in [3.05, 3.63) is 237 Å². The number of hydrogen-bond donors (Lipinski definition) is 0. The number of hydrogen-bond acceptors (Lipinski definition) is 2. The van der Waals surface area contributed by atoms with Crippen molar-refractivity contribution in [1.82, 2.24) is 18.3 Å². The number of fused-ring (bicyclic) bond motifs is 18. The Hall–Kier alpha value is -9.72. The third-order valence-corrected chi connectivity index (χ3v) is 15.8. The van der Waals surface area contributed by atoms with E-state index in [2.05, 4.69) is 255 Å². The van der Waals surface area contributed by atoms with Crippen molar-refractivity contribution in [2.75, 3.05) is 0 Å². The van der Waals surface area contributed by atoms with Gasteiger partial charge in [-0.05, 0) is 78.9 Å². The normalized spacial score (nSPS) is 12.8. The monoisotopic (exact) mass is 930 g/mol. The molecule has 0 bridgehead atoms. The Balaban J connectivity index is 1.11. The molecule has 0 saturated carbocycles. The van der Waals surface area contributed by atoms with Crippen molar-refractivity contribution >= 4 is 99.8 Å². The molecule has 0 unspecified atom stereocenters. The smallest absolute Gasteiger partial charge is 0.521 e. The highest BCUT2D eigenvalue weighted by molar-refractivity contribution is 6.68. The summed E-state index contributed by atoms with van der Waals surface area (Å²) in [5, 5.41) is 9.55. The van der Waals surface area contributed by atoms with Crippen LogP contribution in [0.5, 0.6) is 11.5 Å². The van der Waals surface area contributed by atoms with Gasteiger partial charge in [-0.2, -0.15) is 0 Å². The van der Waals surface area contributed by atoms with E-state index in [-0.39, 0.29) is 0 Å². The highest BCUT2D eigenvalue weighted by atomic mass is 16.6. The molecule has 0 radical (unpaired) electrons. The fourth-order valence-electron chi connectivity index (χ4n) is 13.0. The standard InChI is InChI=1S/C66H39BN4O2/c1-3-19-40(20-4-1)68-52-31-15-9-25-46(52)62-54(68)37-35-44-42-23-7-13-29-50(42)70(65(44)62)56-39-57(61-49-28-12-18-34-59(49)73-67-64(61)60(56)48-27-11-17-33-58(48)72-67)71-51-30-14-8-24-43(51)45-36-38-55-63(66(45)71)47-26-10-16-32-53(47)69(55)41-21-5-2-6-22-41/h1-39H. The van der Waals surface area contributed by atoms with Crippen LogP contribution in [0.4, 0.5) is 0 Å². The summed E-state index contributed by atoms with van der Waals surface area (Å²) in [4.78, 5) is 0. The first-order valence-electron chi connectivity index (χ1n) is 25.0. The number of benzene rings is 11. The van der Waals surface area contributed by atoms with Crippen molar-refractivity contribution < 1.29 is 9.31 Å². The summed E-state index contributed by atoms with van der Waals surface area (Å²) in [6.45, 7) is 0. The lowest BCUT2D eigenvalue weighted by molar-refractivity contribution is 0.436. The van der Waals surface area contributed by atoms with Gasteiger partial charge in [-0.3, -0.25) is 0 Å². The summed E-state index contributed by atoms with van der Waals surface area (Å²) in [7, 11) is -0.727. The van der Waals surface area contributed by atoms with Crippen LogP contribution >= 0.6 is 0 Å². The van der Waals surface area contributed by atoms with Gasteiger partial charge in [-0.25, -0.2) is 0 Å². The van der Waals surface area contributed by atoms with Gasteiger partial charge in [-0.15, -0.1) is 0 Å². The van der Waals surface area contributed by atoms with E-state index in [9.17, 15) is 0 Å². The predicted molar refractivity (Wildman–Crippen MR) is 301 cm³/mol. The lowest BCUT2D eigenvalue weighted by Gasteiger charge is -2.35. The molecule has 73 heavy (non-hydrogen) atoms. The molecular formula is C66H39BN4O2. The average Bonchev–Trinajstić information content (AvgIpc) is 4.19. The molecule has 15 aromatic rings. The second-order valence-electron chi connectivity index (χ2n) is 19.4. The largest absolute Gasteiger partial charge is 0.634 e. The van der Waals surface area contributed by atoms with Crippen molar-refractivity contribution in [3.8, 4) is 56.5 Å². The number of aromatic nitrogens is 4. The molecule has 0 aliphatic carbocycles. The highest BCUT2D eigenvalue weighted by Gasteiger charge is 2.45. The molecule has 2 aliphatic rings. The van der Waals surface area contributed by atoms with Crippen LogP contribution in [0.15, 0.2) is 237 Å². The Morgan fingerprint density at radius 1 is 0.288 bits per heavy atom. The summed E-state index contributed by atoms with van der Waals surface area (Å²) < 4.78 is 24.2. The third-order valence-electron chi connectivity index (χ3n) is 15.8. The number of rotatable bonds is 4. The van der Waals surface area contributed by atoms with Crippen molar-refractivity contribution in [2.24, 2.45) is 0 Å². The molecule has 0 spiro atoms. The minimum Gasteiger partial charge on any atom is -0.521 e. The Kier molecular flexibility index (Phi) is 7.73. The van der Waals surface area contributed by atoms with Gasteiger partial charge >= 0.3 is 7.12 Å². The van der Waals surface area contributed by atoms with E-state index in [4.69, 9.17) is 9.31 Å². The van der Waals surface area contributed by atoms with Crippen LogP contribution in [-0.4, -0.2) is 25.4 Å². The first kappa shape index (κ1) is 39.1. The van der Waals surface area contributed by atoms with Gasteiger partial charge in [0.25, 0.3) is 0 Å². The molecule has 6 heterocycles. The van der Waals surface area contributed by atoms with Crippen LogP contribution in [0.1, 0.15) is 0 Å². The first-order valence-corrected chi connectivity index (χ1v) is 25.0. The average molecular weight is 931 g/mol. The molecule has 0 atom stereocenters. The zero-order valence-electron chi connectivity index (χ0n) is 39.2. The Bertz CT molecular complexity index is 4560. The molecule has 6 nitrogen and oxygen atoms in total. The van der Waals surface area contributed by atoms with Crippen LogP contribution in [0.3, 0.4) is 0 Å². The van der Waals surface area contributed by atoms with E-state index < -0.39 is 7.12 Å². The van der Waals surface area contributed by atoms with E-state index in [0.717, 1.165) is 106 Å². The summed E-state index contributed by atoms with van der Waals surface area (Å²) >= 11 is 0. The van der Waals surface area contributed by atoms with Gasteiger partial charge in [0.2, 0.25) is 0 Å². The van der Waals surface area contributed by atoms with Crippen LogP contribution in [0.25, 0.3) is 132 Å². The van der Waals surface area contributed by atoms with Gasteiger partial charge in [0.05, 0.1) is 55.5 Å². The van der Waals surface area contributed by atoms with E-state index in [0.29, 0.717) is 0 Å². The van der Waals surface area contributed by atoms with E-state index in [1.165, 1.54) is 43.1 Å². The molecule has 7 heteroatoms. The fourth-order valence-corrected chi connectivity index (χ4v) is 13.0. The van der Waals surface area contributed by atoms with Crippen LogP contribution in [0, 0.1) is 0 Å².